The Hall–Kier alpha value is -1.84. The predicted octanol–water partition coefficient (Wildman–Crippen LogP) is 2.28. The fraction of sp³-hybridized carbons (Fsp3) is 0.467. The monoisotopic (exact) mass is 261 g/mol. The van der Waals surface area contributed by atoms with E-state index in [1.807, 2.05) is 6.92 Å². The Balaban J connectivity index is 2.12. The Kier molecular flexibility index (Phi) is 4.20. The first-order valence-corrected chi connectivity index (χ1v) is 6.67. The molecule has 1 aliphatic rings. The third kappa shape index (κ3) is 2.95. The molecule has 1 heterocycles. The van der Waals surface area contributed by atoms with Gasteiger partial charge in [-0.25, -0.2) is 0 Å². The molecular weight excluding hydrogens is 242 g/mol. The molecule has 1 aromatic carbocycles. The second-order valence-corrected chi connectivity index (χ2v) is 4.69. The smallest absolute Gasteiger partial charge is 0.220 e. The van der Waals surface area contributed by atoms with Crippen LogP contribution in [-0.4, -0.2) is 35.8 Å². The topological polar surface area (TPSA) is 46.6 Å². The van der Waals surface area contributed by atoms with E-state index in [4.69, 9.17) is 4.74 Å². The van der Waals surface area contributed by atoms with E-state index in [0.717, 1.165) is 18.6 Å². The van der Waals surface area contributed by atoms with Crippen LogP contribution in [0, 0.1) is 0 Å². The number of amides is 1. The zero-order chi connectivity index (χ0) is 13.8. The van der Waals surface area contributed by atoms with Crippen molar-refractivity contribution >= 4 is 11.7 Å². The lowest BCUT2D eigenvalue weighted by Crippen LogP contribution is -2.39. The van der Waals surface area contributed by atoms with Crippen molar-refractivity contribution < 1.29 is 14.3 Å². The summed E-state index contributed by atoms with van der Waals surface area (Å²) in [6, 6.07) is 6.83. The van der Waals surface area contributed by atoms with Gasteiger partial charge in [0.15, 0.2) is 5.78 Å². The molecule has 4 nitrogen and oxygen atoms in total. The number of hydrogen-bond acceptors (Lipinski definition) is 3. The summed E-state index contributed by atoms with van der Waals surface area (Å²) < 4.78 is 5.35. The van der Waals surface area contributed by atoms with E-state index in [9.17, 15) is 9.59 Å². The summed E-state index contributed by atoms with van der Waals surface area (Å²) in [6.07, 6.45) is 1.65. The van der Waals surface area contributed by atoms with Crippen LogP contribution in [0.3, 0.4) is 0 Å². The molecule has 1 fully saturated rings. The molecule has 19 heavy (non-hydrogen) atoms. The molecule has 0 N–H and O–H groups in total. The maximum atomic E-state index is 12.4. The van der Waals surface area contributed by atoms with E-state index >= 15 is 0 Å². The van der Waals surface area contributed by atoms with Gasteiger partial charge in [-0.1, -0.05) is 0 Å². The maximum Gasteiger partial charge on any atom is 0.220 e. The van der Waals surface area contributed by atoms with Gasteiger partial charge in [0.2, 0.25) is 5.91 Å². The predicted molar refractivity (Wildman–Crippen MR) is 72.4 cm³/mol. The fourth-order valence-electron chi connectivity index (χ4n) is 2.49. The van der Waals surface area contributed by atoms with Crippen LogP contribution in [-0.2, 0) is 4.79 Å². The van der Waals surface area contributed by atoms with Gasteiger partial charge in [-0.15, -0.1) is 0 Å². The van der Waals surface area contributed by atoms with Crippen LogP contribution in [0.5, 0.6) is 5.75 Å². The molecule has 0 bridgehead atoms. The highest BCUT2D eigenvalue weighted by atomic mass is 16.5. The van der Waals surface area contributed by atoms with Crippen molar-refractivity contribution in [2.24, 2.45) is 0 Å². The summed E-state index contributed by atoms with van der Waals surface area (Å²) in [5.74, 6) is 0.756. The SMILES string of the molecule is CCOc1ccc(C(=O)C2CCCN2C(C)=O)cc1. The van der Waals surface area contributed by atoms with Gasteiger partial charge in [-0.3, -0.25) is 9.59 Å². The van der Waals surface area contributed by atoms with Gasteiger partial charge in [0.1, 0.15) is 5.75 Å². The van der Waals surface area contributed by atoms with E-state index in [0.29, 0.717) is 18.7 Å². The van der Waals surface area contributed by atoms with Crippen LogP contribution < -0.4 is 4.74 Å². The maximum absolute atomic E-state index is 12.4. The van der Waals surface area contributed by atoms with Gasteiger partial charge in [0.25, 0.3) is 0 Å². The highest BCUT2D eigenvalue weighted by molar-refractivity contribution is 6.02. The molecule has 102 valence electrons. The molecular formula is C15H19NO3. The van der Waals surface area contributed by atoms with Crippen molar-refractivity contribution in [2.75, 3.05) is 13.2 Å². The van der Waals surface area contributed by atoms with Crippen molar-refractivity contribution in [1.82, 2.24) is 4.90 Å². The molecule has 1 saturated heterocycles. The molecule has 1 aromatic rings. The van der Waals surface area contributed by atoms with Crippen LogP contribution in [0.2, 0.25) is 0 Å². The summed E-state index contributed by atoms with van der Waals surface area (Å²) in [5, 5.41) is 0. The number of benzene rings is 1. The molecule has 2 rings (SSSR count). The van der Waals surface area contributed by atoms with E-state index in [2.05, 4.69) is 0 Å². The molecule has 1 atom stereocenters. The summed E-state index contributed by atoms with van der Waals surface area (Å²) in [4.78, 5) is 25.5. The van der Waals surface area contributed by atoms with Crippen molar-refractivity contribution in [2.45, 2.75) is 32.7 Å². The largest absolute Gasteiger partial charge is 0.494 e. The number of Topliss-reactive ketones (excluding diaryl/α,β-unsaturated/α-hetero) is 1. The van der Waals surface area contributed by atoms with E-state index in [-0.39, 0.29) is 17.7 Å². The summed E-state index contributed by atoms with van der Waals surface area (Å²) in [5.41, 5.74) is 0.640. The van der Waals surface area contributed by atoms with E-state index in [1.165, 1.54) is 6.92 Å². The first kappa shape index (κ1) is 13.6. The first-order chi connectivity index (χ1) is 9.13. The Bertz CT molecular complexity index is 467. The number of likely N-dealkylation sites (tertiary alicyclic amines) is 1. The number of ketones is 1. The number of carbonyl (C=O) groups is 2. The number of carbonyl (C=O) groups excluding carboxylic acids is 2. The van der Waals surface area contributed by atoms with E-state index in [1.54, 1.807) is 29.2 Å². The molecule has 4 heteroatoms. The zero-order valence-electron chi connectivity index (χ0n) is 11.4. The standard InChI is InChI=1S/C15H19NO3/c1-3-19-13-8-6-12(7-9-13)15(18)14-5-4-10-16(14)11(2)17/h6-9,14H,3-5,10H2,1-2H3. The average Bonchev–Trinajstić information content (AvgIpc) is 2.88. The second kappa shape index (κ2) is 5.87. The van der Waals surface area contributed by atoms with Gasteiger partial charge in [0.05, 0.1) is 12.6 Å². The van der Waals surface area contributed by atoms with Gasteiger partial charge in [-0.2, -0.15) is 0 Å². The van der Waals surface area contributed by atoms with Gasteiger partial charge in [0, 0.05) is 19.0 Å². The zero-order valence-corrected chi connectivity index (χ0v) is 11.4. The Morgan fingerprint density at radius 2 is 2.00 bits per heavy atom. The first-order valence-electron chi connectivity index (χ1n) is 6.67. The van der Waals surface area contributed by atoms with Crippen molar-refractivity contribution in [3.05, 3.63) is 29.8 Å². The minimum absolute atomic E-state index is 0.0238. The van der Waals surface area contributed by atoms with Crippen molar-refractivity contribution in [3.8, 4) is 5.75 Å². The van der Waals surface area contributed by atoms with Crippen LogP contribution >= 0.6 is 0 Å². The second-order valence-electron chi connectivity index (χ2n) is 4.69. The molecule has 0 radical (unpaired) electrons. The normalized spacial score (nSPS) is 18.4. The molecule has 1 aliphatic heterocycles. The molecule has 1 unspecified atom stereocenters. The minimum Gasteiger partial charge on any atom is -0.494 e. The van der Waals surface area contributed by atoms with E-state index < -0.39 is 0 Å². The fourth-order valence-corrected chi connectivity index (χ4v) is 2.49. The third-order valence-corrected chi connectivity index (χ3v) is 3.41. The van der Waals surface area contributed by atoms with Gasteiger partial charge >= 0.3 is 0 Å². The lowest BCUT2D eigenvalue weighted by molar-refractivity contribution is -0.128. The van der Waals surface area contributed by atoms with Gasteiger partial charge in [-0.05, 0) is 44.0 Å². The van der Waals surface area contributed by atoms with Crippen LogP contribution in [0.4, 0.5) is 0 Å². The highest BCUT2D eigenvalue weighted by Gasteiger charge is 2.32. The van der Waals surface area contributed by atoms with Gasteiger partial charge < -0.3 is 9.64 Å². The molecule has 0 saturated carbocycles. The lowest BCUT2D eigenvalue weighted by Gasteiger charge is -2.22. The molecule has 0 spiro atoms. The molecule has 1 amide bonds. The Morgan fingerprint density at radius 1 is 1.32 bits per heavy atom. The minimum atomic E-state index is -0.296. The van der Waals surface area contributed by atoms with Crippen molar-refractivity contribution in [1.29, 1.82) is 0 Å². The van der Waals surface area contributed by atoms with Crippen LogP contribution in [0.1, 0.15) is 37.0 Å². The number of hydrogen-bond donors (Lipinski definition) is 0. The Labute approximate surface area is 113 Å². The van der Waals surface area contributed by atoms with Crippen LogP contribution in [0.25, 0.3) is 0 Å². The average molecular weight is 261 g/mol. The van der Waals surface area contributed by atoms with Crippen LogP contribution in [0.15, 0.2) is 24.3 Å². The highest BCUT2D eigenvalue weighted by Crippen LogP contribution is 2.22. The third-order valence-electron chi connectivity index (χ3n) is 3.41. The summed E-state index contributed by atoms with van der Waals surface area (Å²) in [7, 11) is 0. The number of nitrogens with zero attached hydrogens (tertiary/aromatic N) is 1. The summed E-state index contributed by atoms with van der Waals surface area (Å²) >= 11 is 0. The Morgan fingerprint density at radius 3 is 2.58 bits per heavy atom. The number of ether oxygens (including phenoxy) is 1. The molecule has 0 aromatic heterocycles. The quantitative estimate of drug-likeness (QED) is 0.781. The number of rotatable bonds is 4. The molecule has 0 aliphatic carbocycles. The lowest BCUT2D eigenvalue weighted by atomic mass is 10.0. The van der Waals surface area contributed by atoms with Crippen molar-refractivity contribution in [3.63, 3.8) is 0 Å². The summed E-state index contributed by atoms with van der Waals surface area (Å²) in [6.45, 7) is 4.73.